The van der Waals surface area contributed by atoms with Crippen LogP contribution in [-0.4, -0.2) is 25.6 Å². The first-order valence-corrected chi connectivity index (χ1v) is 5.61. The number of benzene rings is 1. The number of ether oxygens (including phenoxy) is 2. The van der Waals surface area contributed by atoms with Crippen LogP contribution in [0.15, 0.2) is 24.3 Å². The summed E-state index contributed by atoms with van der Waals surface area (Å²) in [4.78, 5) is 11.6. The molecule has 0 heterocycles. The van der Waals surface area contributed by atoms with Crippen molar-refractivity contribution in [1.29, 1.82) is 0 Å². The van der Waals surface area contributed by atoms with Crippen molar-refractivity contribution >= 4 is 5.78 Å². The van der Waals surface area contributed by atoms with E-state index in [1.54, 1.807) is 12.1 Å². The number of Topliss-reactive ketones (excluding diaryl/α,β-unsaturated/α-hetero) is 1. The Morgan fingerprint density at radius 1 is 1.31 bits per heavy atom. The molecule has 0 aliphatic carbocycles. The van der Waals surface area contributed by atoms with Gasteiger partial charge in [0.2, 0.25) is 0 Å². The van der Waals surface area contributed by atoms with Crippen LogP contribution in [-0.2, 0) is 4.74 Å². The predicted molar refractivity (Wildman–Crippen MR) is 63.1 cm³/mol. The maximum atomic E-state index is 11.6. The van der Waals surface area contributed by atoms with E-state index in [0.29, 0.717) is 18.8 Å². The Bertz CT molecular complexity index is 334. The summed E-state index contributed by atoms with van der Waals surface area (Å²) in [5.74, 6) is 0.730. The lowest BCUT2D eigenvalue weighted by Gasteiger charge is -2.06. The molecule has 0 amide bonds. The van der Waals surface area contributed by atoms with E-state index in [2.05, 4.69) is 0 Å². The van der Waals surface area contributed by atoms with Crippen molar-refractivity contribution in [2.45, 2.75) is 20.3 Å². The fourth-order valence-electron chi connectivity index (χ4n) is 1.26. The monoisotopic (exact) mass is 222 g/mol. The molecule has 0 aliphatic heterocycles. The first-order chi connectivity index (χ1) is 7.77. The molecule has 16 heavy (non-hydrogen) atoms. The average Bonchev–Trinajstić information content (AvgIpc) is 2.33. The average molecular weight is 222 g/mol. The zero-order valence-electron chi connectivity index (χ0n) is 9.86. The van der Waals surface area contributed by atoms with E-state index in [4.69, 9.17) is 9.47 Å². The van der Waals surface area contributed by atoms with Crippen LogP contribution in [0.5, 0.6) is 5.75 Å². The molecule has 3 heteroatoms. The first-order valence-electron chi connectivity index (χ1n) is 5.61. The summed E-state index contributed by atoms with van der Waals surface area (Å²) in [7, 11) is 0. The molecular weight excluding hydrogens is 204 g/mol. The van der Waals surface area contributed by atoms with Gasteiger partial charge in [0.25, 0.3) is 0 Å². The molecule has 0 aromatic heterocycles. The molecule has 0 spiro atoms. The van der Waals surface area contributed by atoms with E-state index in [-0.39, 0.29) is 12.4 Å². The van der Waals surface area contributed by atoms with Gasteiger partial charge in [-0.2, -0.15) is 0 Å². The number of carbonyl (C=O) groups is 1. The van der Waals surface area contributed by atoms with Gasteiger partial charge in [-0.3, -0.25) is 4.79 Å². The third-order valence-electron chi connectivity index (χ3n) is 2.07. The highest BCUT2D eigenvalue weighted by molar-refractivity contribution is 5.97. The van der Waals surface area contributed by atoms with Crippen molar-refractivity contribution in [3.8, 4) is 5.75 Å². The number of hydrogen-bond donors (Lipinski definition) is 0. The van der Waals surface area contributed by atoms with Gasteiger partial charge in [0.05, 0.1) is 6.61 Å². The highest BCUT2D eigenvalue weighted by Crippen LogP contribution is 2.14. The summed E-state index contributed by atoms with van der Waals surface area (Å²) < 4.78 is 10.5. The number of ketones is 1. The molecule has 0 unspecified atom stereocenters. The molecule has 0 atom stereocenters. The van der Waals surface area contributed by atoms with E-state index < -0.39 is 0 Å². The Morgan fingerprint density at radius 3 is 2.81 bits per heavy atom. The van der Waals surface area contributed by atoms with Gasteiger partial charge in [-0.1, -0.05) is 19.1 Å². The van der Waals surface area contributed by atoms with Gasteiger partial charge in [-0.25, -0.2) is 0 Å². The molecule has 0 N–H and O–H groups in total. The van der Waals surface area contributed by atoms with Crippen LogP contribution < -0.4 is 4.74 Å². The SMILES string of the molecule is CCCOc1cccc(C(=O)COCC)c1. The van der Waals surface area contributed by atoms with Gasteiger partial charge in [0, 0.05) is 12.2 Å². The van der Waals surface area contributed by atoms with Gasteiger partial charge in [0.1, 0.15) is 12.4 Å². The van der Waals surface area contributed by atoms with Gasteiger partial charge >= 0.3 is 0 Å². The molecule has 1 aromatic rings. The van der Waals surface area contributed by atoms with Crippen LogP contribution in [0.1, 0.15) is 30.6 Å². The lowest BCUT2D eigenvalue weighted by molar-refractivity contribution is 0.0783. The summed E-state index contributed by atoms with van der Waals surface area (Å²) in [6.45, 7) is 5.27. The summed E-state index contributed by atoms with van der Waals surface area (Å²) in [5.41, 5.74) is 0.641. The Hall–Kier alpha value is -1.35. The molecule has 0 saturated heterocycles. The summed E-state index contributed by atoms with van der Waals surface area (Å²) in [6.07, 6.45) is 0.955. The van der Waals surface area contributed by atoms with E-state index in [1.807, 2.05) is 26.0 Å². The minimum absolute atomic E-state index is 0.0104. The molecule has 0 fully saturated rings. The van der Waals surface area contributed by atoms with Crippen molar-refractivity contribution in [1.82, 2.24) is 0 Å². The van der Waals surface area contributed by atoms with Crippen LogP contribution in [0.2, 0.25) is 0 Å². The Labute approximate surface area is 96.4 Å². The Balaban J connectivity index is 2.62. The minimum atomic E-state index is -0.0104. The topological polar surface area (TPSA) is 35.5 Å². The smallest absolute Gasteiger partial charge is 0.188 e. The highest BCUT2D eigenvalue weighted by atomic mass is 16.5. The minimum Gasteiger partial charge on any atom is -0.494 e. The van der Waals surface area contributed by atoms with Crippen LogP contribution in [0.3, 0.4) is 0 Å². The van der Waals surface area contributed by atoms with Crippen LogP contribution >= 0.6 is 0 Å². The van der Waals surface area contributed by atoms with Crippen molar-refractivity contribution in [2.75, 3.05) is 19.8 Å². The zero-order valence-corrected chi connectivity index (χ0v) is 9.86. The fraction of sp³-hybridized carbons (Fsp3) is 0.462. The quantitative estimate of drug-likeness (QED) is 0.665. The van der Waals surface area contributed by atoms with Gasteiger partial charge < -0.3 is 9.47 Å². The van der Waals surface area contributed by atoms with E-state index in [1.165, 1.54) is 0 Å². The van der Waals surface area contributed by atoms with Gasteiger partial charge in [0.15, 0.2) is 5.78 Å². The van der Waals surface area contributed by atoms with Crippen LogP contribution in [0.25, 0.3) is 0 Å². The third-order valence-corrected chi connectivity index (χ3v) is 2.07. The molecule has 0 bridgehead atoms. The second-order valence-corrected chi connectivity index (χ2v) is 3.44. The maximum absolute atomic E-state index is 11.6. The highest BCUT2D eigenvalue weighted by Gasteiger charge is 2.06. The first kappa shape index (κ1) is 12.7. The number of hydrogen-bond acceptors (Lipinski definition) is 3. The van der Waals surface area contributed by atoms with Crippen LogP contribution in [0.4, 0.5) is 0 Å². The molecule has 88 valence electrons. The molecular formula is C13H18O3. The normalized spacial score (nSPS) is 10.1. The van der Waals surface area contributed by atoms with Crippen LogP contribution in [0, 0.1) is 0 Å². The van der Waals surface area contributed by atoms with E-state index >= 15 is 0 Å². The largest absolute Gasteiger partial charge is 0.494 e. The molecule has 0 radical (unpaired) electrons. The predicted octanol–water partition coefficient (Wildman–Crippen LogP) is 2.69. The maximum Gasteiger partial charge on any atom is 0.188 e. The van der Waals surface area contributed by atoms with Crippen molar-refractivity contribution in [3.05, 3.63) is 29.8 Å². The Morgan fingerprint density at radius 2 is 2.12 bits per heavy atom. The van der Waals surface area contributed by atoms with Gasteiger partial charge in [-0.15, -0.1) is 0 Å². The number of rotatable bonds is 7. The van der Waals surface area contributed by atoms with Crippen molar-refractivity contribution < 1.29 is 14.3 Å². The molecule has 0 aliphatic rings. The molecule has 1 aromatic carbocycles. The number of carbonyl (C=O) groups excluding carboxylic acids is 1. The Kier molecular flexibility index (Phi) is 5.57. The van der Waals surface area contributed by atoms with Crippen molar-refractivity contribution in [3.63, 3.8) is 0 Å². The van der Waals surface area contributed by atoms with E-state index in [9.17, 15) is 4.79 Å². The van der Waals surface area contributed by atoms with Gasteiger partial charge in [-0.05, 0) is 25.5 Å². The second-order valence-electron chi connectivity index (χ2n) is 3.44. The standard InChI is InChI=1S/C13H18O3/c1-3-8-16-12-7-5-6-11(9-12)13(14)10-15-4-2/h5-7,9H,3-4,8,10H2,1-2H3. The summed E-state index contributed by atoms with van der Waals surface area (Å²) in [5, 5.41) is 0. The zero-order chi connectivity index (χ0) is 11.8. The third kappa shape index (κ3) is 4.03. The lowest BCUT2D eigenvalue weighted by Crippen LogP contribution is -2.09. The molecule has 1 rings (SSSR count). The molecule has 3 nitrogen and oxygen atoms in total. The molecule has 0 saturated carbocycles. The fourth-order valence-corrected chi connectivity index (χ4v) is 1.26. The van der Waals surface area contributed by atoms with E-state index in [0.717, 1.165) is 12.2 Å². The van der Waals surface area contributed by atoms with Crippen molar-refractivity contribution in [2.24, 2.45) is 0 Å². The summed E-state index contributed by atoms with van der Waals surface area (Å²) in [6, 6.07) is 7.22. The lowest BCUT2D eigenvalue weighted by atomic mass is 10.1. The summed E-state index contributed by atoms with van der Waals surface area (Å²) >= 11 is 0. The second kappa shape index (κ2) is 7.01.